The number of carbonyl (C=O) groups is 1. The Morgan fingerprint density at radius 2 is 1.79 bits per heavy atom. The molecule has 2 aromatic rings. The molecule has 1 amide bonds. The lowest BCUT2D eigenvalue weighted by molar-refractivity contribution is -0.895. The summed E-state index contributed by atoms with van der Waals surface area (Å²) in [7, 11) is 1.65. The lowest BCUT2D eigenvalue weighted by atomic mass is 10.1. The number of hydrogen-bond acceptors (Lipinski definition) is 3. The molecule has 2 aromatic carbocycles. The maximum atomic E-state index is 12.5. The van der Waals surface area contributed by atoms with E-state index in [1.54, 1.807) is 7.11 Å². The highest BCUT2D eigenvalue weighted by Crippen LogP contribution is 2.17. The molecule has 7 heteroatoms. The number of quaternary nitrogens is 1. The van der Waals surface area contributed by atoms with Crippen LogP contribution in [0.2, 0.25) is 0 Å². The van der Waals surface area contributed by atoms with Gasteiger partial charge in [-0.3, -0.25) is 4.79 Å². The number of thiocarbonyl (C=S) groups is 1. The zero-order chi connectivity index (χ0) is 20.8. The number of piperazine rings is 1. The lowest BCUT2D eigenvalue weighted by Gasteiger charge is -2.33. The second-order valence-electron chi connectivity index (χ2n) is 7.37. The zero-order valence-corrected chi connectivity index (χ0v) is 18.1. The summed E-state index contributed by atoms with van der Waals surface area (Å²) in [4.78, 5) is 15.9. The van der Waals surface area contributed by atoms with Gasteiger partial charge in [0, 0.05) is 11.4 Å². The first-order chi connectivity index (χ1) is 14.0. The summed E-state index contributed by atoms with van der Waals surface area (Å²) in [5, 5.41) is 7.05. The van der Waals surface area contributed by atoms with Crippen molar-refractivity contribution in [2.75, 3.05) is 50.5 Å². The van der Waals surface area contributed by atoms with Gasteiger partial charge in [0.15, 0.2) is 11.7 Å². The van der Waals surface area contributed by atoms with E-state index in [9.17, 15) is 4.79 Å². The molecule has 0 unspecified atom stereocenters. The van der Waals surface area contributed by atoms with Crippen molar-refractivity contribution < 1.29 is 14.4 Å². The Morgan fingerprint density at radius 1 is 1.10 bits per heavy atom. The van der Waals surface area contributed by atoms with Crippen molar-refractivity contribution in [2.24, 2.45) is 0 Å². The van der Waals surface area contributed by atoms with Gasteiger partial charge >= 0.3 is 0 Å². The topological polar surface area (TPSA) is 58.0 Å². The van der Waals surface area contributed by atoms with Crippen molar-refractivity contribution in [3.05, 3.63) is 53.6 Å². The van der Waals surface area contributed by atoms with Gasteiger partial charge in [-0.2, -0.15) is 0 Å². The van der Waals surface area contributed by atoms with Gasteiger partial charge in [0.05, 0.1) is 33.3 Å². The third-order valence-corrected chi connectivity index (χ3v) is 5.75. The number of amides is 1. The molecule has 0 aliphatic carbocycles. The molecule has 0 radical (unpaired) electrons. The number of anilines is 2. The monoisotopic (exact) mass is 413 g/mol. The predicted octanol–water partition coefficient (Wildman–Crippen LogP) is 1.85. The number of ether oxygens (including phenoxy) is 1. The van der Waals surface area contributed by atoms with E-state index in [-0.39, 0.29) is 5.91 Å². The summed E-state index contributed by atoms with van der Waals surface area (Å²) in [5.74, 6) is 0.874. The fourth-order valence-corrected chi connectivity index (χ4v) is 3.69. The van der Waals surface area contributed by atoms with E-state index in [0.29, 0.717) is 11.7 Å². The average Bonchev–Trinajstić information content (AvgIpc) is 2.72. The minimum atomic E-state index is 0.0566. The molecule has 0 bridgehead atoms. The summed E-state index contributed by atoms with van der Waals surface area (Å²) >= 11 is 5.55. The SMILES string of the molecule is COc1ccc(NC(=S)N2CC[NH+](CC(=O)Nc3cccc(C)c3C)CC2)cc1. The molecule has 0 spiro atoms. The molecule has 154 valence electrons. The summed E-state index contributed by atoms with van der Waals surface area (Å²) in [6.07, 6.45) is 0. The van der Waals surface area contributed by atoms with Crippen LogP contribution in [0, 0.1) is 13.8 Å². The number of methoxy groups -OCH3 is 1. The van der Waals surface area contributed by atoms with E-state index in [1.807, 2.05) is 43.3 Å². The number of benzene rings is 2. The van der Waals surface area contributed by atoms with Crippen molar-refractivity contribution >= 4 is 34.6 Å². The highest BCUT2D eigenvalue weighted by Gasteiger charge is 2.24. The van der Waals surface area contributed by atoms with Crippen LogP contribution in [-0.4, -0.2) is 55.8 Å². The number of nitrogens with zero attached hydrogens (tertiary/aromatic N) is 1. The summed E-state index contributed by atoms with van der Waals surface area (Å²) in [6.45, 7) is 7.98. The second kappa shape index (κ2) is 9.71. The lowest BCUT2D eigenvalue weighted by Crippen LogP contribution is -3.15. The molecular formula is C22H29N4O2S+. The highest BCUT2D eigenvalue weighted by molar-refractivity contribution is 7.80. The molecule has 0 atom stereocenters. The number of hydrogen-bond donors (Lipinski definition) is 3. The van der Waals surface area contributed by atoms with Crippen LogP contribution < -0.4 is 20.3 Å². The zero-order valence-electron chi connectivity index (χ0n) is 17.2. The summed E-state index contributed by atoms with van der Waals surface area (Å²) in [6, 6.07) is 13.7. The van der Waals surface area contributed by atoms with Gasteiger partial charge in [0.2, 0.25) is 0 Å². The third kappa shape index (κ3) is 5.68. The van der Waals surface area contributed by atoms with Crippen molar-refractivity contribution in [1.82, 2.24) is 4.90 Å². The second-order valence-corrected chi connectivity index (χ2v) is 7.75. The van der Waals surface area contributed by atoms with Crippen LogP contribution in [0.3, 0.4) is 0 Å². The number of rotatable bonds is 5. The van der Waals surface area contributed by atoms with Crippen LogP contribution in [0.25, 0.3) is 0 Å². The van der Waals surface area contributed by atoms with Gasteiger partial charge in [-0.15, -0.1) is 0 Å². The Balaban J connectivity index is 1.45. The Labute approximate surface area is 177 Å². The van der Waals surface area contributed by atoms with Gasteiger partial charge in [-0.05, 0) is 67.5 Å². The molecular weight excluding hydrogens is 384 g/mol. The fourth-order valence-electron chi connectivity index (χ4n) is 3.39. The van der Waals surface area contributed by atoms with Crippen LogP contribution in [0.1, 0.15) is 11.1 Å². The molecule has 1 heterocycles. The molecule has 0 saturated carbocycles. The largest absolute Gasteiger partial charge is 0.497 e. The van der Waals surface area contributed by atoms with Gasteiger partial charge in [0.25, 0.3) is 5.91 Å². The first-order valence-corrected chi connectivity index (χ1v) is 10.3. The van der Waals surface area contributed by atoms with Crippen molar-refractivity contribution in [3.63, 3.8) is 0 Å². The number of aryl methyl sites for hydroxylation is 1. The van der Waals surface area contributed by atoms with E-state index in [2.05, 4.69) is 28.5 Å². The molecule has 1 aliphatic heterocycles. The molecule has 1 fully saturated rings. The van der Waals surface area contributed by atoms with Gasteiger partial charge in [-0.1, -0.05) is 12.1 Å². The predicted molar refractivity (Wildman–Crippen MR) is 121 cm³/mol. The van der Waals surface area contributed by atoms with Crippen LogP contribution in [-0.2, 0) is 4.79 Å². The average molecular weight is 414 g/mol. The van der Waals surface area contributed by atoms with Crippen LogP contribution >= 0.6 is 12.2 Å². The normalized spacial score (nSPS) is 14.4. The Morgan fingerprint density at radius 3 is 2.45 bits per heavy atom. The number of nitrogens with one attached hydrogen (secondary N) is 3. The fraction of sp³-hybridized carbons (Fsp3) is 0.364. The molecule has 3 N–H and O–H groups in total. The van der Waals surface area contributed by atoms with Gasteiger partial charge < -0.3 is 25.2 Å². The first kappa shape index (κ1) is 21.1. The van der Waals surface area contributed by atoms with E-state index in [0.717, 1.165) is 48.9 Å². The minimum Gasteiger partial charge on any atom is -0.497 e. The molecule has 3 rings (SSSR count). The molecule has 6 nitrogen and oxygen atoms in total. The van der Waals surface area contributed by atoms with E-state index in [4.69, 9.17) is 17.0 Å². The summed E-state index contributed by atoms with van der Waals surface area (Å²) < 4.78 is 5.18. The Kier molecular flexibility index (Phi) is 7.06. The van der Waals surface area contributed by atoms with Gasteiger partial charge in [-0.25, -0.2) is 0 Å². The maximum absolute atomic E-state index is 12.5. The summed E-state index contributed by atoms with van der Waals surface area (Å²) in [5.41, 5.74) is 4.15. The van der Waals surface area contributed by atoms with Crippen molar-refractivity contribution in [2.45, 2.75) is 13.8 Å². The van der Waals surface area contributed by atoms with Crippen molar-refractivity contribution in [1.29, 1.82) is 0 Å². The molecule has 0 aromatic heterocycles. The molecule has 1 aliphatic rings. The molecule has 1 saturated heterocycles. The molecule has 29 heavy (non-hydrogen) atoms. The van der Waals surface area contributed by atoms with E-state index in [1.165, 1.54) is 10.5 Å². The first-order valence-electron chi connectivity index (χ1n) is 9.86. The van der Waals surface area contributed by atoms with Crippen LogP contribution in [0.5, 0.6) is 5.75 Å². The number of carbonyl (C=O) groups excluding carboxylic acids is 1. The standard InChI is InChI=1S/C22H28N4O2S/c1-16-5-4-6-20(17(16)2)24-21(27)15-25-11-13-26(14-12-25)22(29)23-18-7-9-19(28-3)10-8-18/h4-10H,11-15H2,1-3H3,(H,23,29)(H,24,27)/p+1. The highest BCUT2D eigenvalue weighted by atomic mass is 32.1. The van der Waals surface area contributed by atoms with Crippen LogP contribution in [0.4, 0.5) is 11.4 Å². The van der Waals surface area contributed by atoms with E-state index >= 15 is 0 Å². The smallest absolute Gasteiger partial charge is 0.279 e. The quantitative estimate of drug-likeness (QED) is 0.653. The minimum absolute atomic E-state index is 0.0566. The van der Waals surface area contributed by atoms with E-state index < -0.39 is 0 Å². The Bertz CT molecular complexity index is 862. The maximum Gasteiger partial charge on any atom is 0.279 e. The Hall–Kier alpha value is -2.64. The van der Waals surface area contributed by atoms with Crippen LogP contribution in [0.15, 0.2) is 42.5 Å². The van der Waals surface area contributed by atoms with Crippen molar-refractivity contribution in [3.8, 4) is 5.75 Å². The van der Waals surface area contributed by atoms with Gasteiger partial charge in [0.1, 0.15) is 5.75 Å². The third-order valence-electron chi connectivity index (χ3n) is 5.39.